The van der Waals surface area contributed by atoms with Crippen molar-refractivity contribution in [2.75, 3.05) is 13.7 Å². The summed E-state index contributed by atoms with van der Waals surface area (Å²) in [5.41, 5.74) is 1.23. The van der Waals surface area contributed by atoms with Gasteiger partial charge in [-0.3, -0.25) is 0 Å². The lowest BCUT2D eigenvalue weighted by Crippen LogP contribution is -2.32. The molecule has 1 fully saturated rings. The second-order valence-electron chi connectivity index (χ2n) is 5.30. The molecule has 1 aliphatic carbocycles. The Hall–Kier alpha value is -1.37. The van der Waals surface area contributed by atoms with Crippen LogP contribution in [0, 0.1) is 0 Å². The van der Waals surface area contributed by atoms with E-state index in [4.69, 9.17) is 4.74 Å². The summed E-state index contributed by atoms with van der Waals surface area (Å²) in [5.74, 6) is 0.539. The summed E-state index contributed by atoms with van der Waals surface area (Å²) in [6.45, 7) is 0.448. The van der Waals surface area contributed by atoms with Gasteiger partial charge in [0.25, 0.3) is 0 Å². The van der Waals surface area contributed by atoms with Gasteiger partial charge in [0, 0.05) is 18.0 Å². The van der Waals surface area contributed by atoms with Crippen LogP contribution in [-0.2, 0) is 15.4 Å². The molecule has 0 atom stereocenters. The van der Waals surface area contributed by atoms with Gasteiger partial charge in [-0.15, -0.1) is 0 Å². The minimum absolute atomic E-state index is 0.00800. The normalized spacial score (nSPS) is 16.6. The number of nitrogens with one attached hydrogen (secondary N) is 1. The van der Waals surface area contributed by atoms with Crippen LogP contribution in [0.3, 0.4) is 0 Å². The van der Waals surface area contributed by atoms with Gasteiger partial charge >= 0.3 is 0 Å². The zero-order chi connectivity index (χ0) is 14.9. The van der Waals surface area contributed by atoms with Gasteiger partial charge in [-0.2, -0.15) is 11.3 Å². The van der Waals surface area contributed by atoms with Crippen molar-refractivity contribution in [1.29, 1.82) is 0 Å². The van der Waals surface area contributed by atoms with E-state index >= 15 is 0 Å². The zero-order valence-corrected chi connectivity index (χ0v) is 13.3. The predicted molar refractivity (Wildman–Crippen MR) is 83.4 cm³/mol. The lowest BCUT2D eigenvalue weighted by Gasteiger charge is -2.15. The third-order valence-electron chi connectivity index (χ3n) is 3.94. The van der Waals surface area contributed by atoms with Crippen molar-refractivity contribution < 1.29 is 13.2 Å². The number of ether oxygens (including phenoxy) is 1. The molecule has 6 heteroatoms. The summed E-state index contributed by atoms with van der Waals surface area (Å²) in [6.07, 6.45) is 2.06. The van der Waals surface area contributed by atoms with Crippen LogP contribution in [0.15, 0.2) is 46.0 Å². The average molecular weight is 323 g/mol. The van der Waals surface area contributed by atoms with Gasteiger partial charge in [-0.05, 0) is 47.4 Å². The number of thiophene rings is 1. The Kier molecular flexibility index (Phi) is 3.77. The van der Waals surface area contributed by atoms with Crippen LogP contribution in [0.5, 0.6) is 5.75 Å². The van der Waals surface area contributed by atoms with Crippen molar-refractivity contribution in [3.05, 3.63) is 46.7 Å². The first-order valence-corrected chi connectivity index (χ1v) is 9.15. The molecular formula is C15H17NO3S2. The van der Waals surface area contributed by atoms with E-state index in [1.807, 2.05) is 5.38 Å². The van der Waals surface area contributed by atoms with E-state index in [9.17, 15) is 8.42 Å². The molecule has 3 rings (SSSR count). The van der Waals surface area contributed by atoms with Gasteiger partial charge in [-0.25, -0.2) is 13.1 Å². The molecule has 112 valence electrons. The van der Waals surface area contributed by atoms with E-state index in [0.717, 1.165) is 12.8 Å². The van der Waals surface area contributed by atoms with Gasteiger partial charge in [0.1, 0.15) is 5.75 Å². The van der Waals surface area contributed by atoms with Crippen LogP contribution in [0.2, 0.25) is 0 Å². The van der Waals surface area contributed by atoms with Gasteiger partial charge < -0.3 is 4.74 Å². The zero-order valence-electron chi connectivity index (χ0n) is 11.7. The smallest absolute Gasteiger partial charge is 0.240 e. The second kappa shape index (κ2) is 5.44. The summed E-state index contributed by atoms with van der Waals surface area (Å²) in [4.78, 5) is 0.239. The van der Waals surface area contributed by atoms with E-state index in [0.29, 0.717) is 12.3 Å². The van der Waals surface area contributed by atoms with Crippen molar-refractivity contribution in [3.63, 3.8) is 0 Å². The highest BCUT2D eigenvalue weighted by Crippen LogP contribution is 2.48. The minimum atomic E-state index is -3.50. The van der Waals surface area contributed by atoms with Gasteiger partial charge in [0.15, 0.2) is 0 Å². The summed E-state index contributed by atoms with van der Waals surface area (Å²) in [7, 11) is -1.98. The summed E-state index contributed by atoms with van der Waals surface area (Å²) in [6, 6.07) is 8.60. The standard InChI is InChI=1S/C15H17NO3S2/c1-19-13-3-2-4-14(9-13)21(17,18)16-11-15(6-7-15)12-5-8-20-10-12/h2-5,8-10,16H,6-7,11H2,1H3. The molecule has 0 amide bonds. The first-order valence-electron chi connectivity index (χ1n) is 6.72. The minimum Gasteiger partial charge on any atom is -0.497 e. The highest BCUT2D eigenvalue weighted by Gasteiger charge is 2.45. The number of rotatable bonds is 6. The van der Waals surface area contributed by atoms with Crippen molar-refractivity contribution in [1.82, 2.24) is 4.72 Å². The monoisotopic (exact) mass is 323 g/mol. The van der Waals surface area contributed by atoms with Crippen molar-refractivity contribution in [3.8, 4) is 5.75 Å². The fourth-order valence-corrected chi connectivity index (χ4v) is 4.31. The fraction of sp³-hybridized carbons (Fsp3) is 0.333. The van der Waals surface area contributed by atoms with Crippen LogP contribution in [-0.4, -0.2) is 22.1 Å². The average Bonchev–Trinajstić information content (AvgIpc) is 3.09. The van der Waals surface area contributed by atoms with Gasteiger partial charge in [0.2, 0.25) is 10.0 Å². The highest BCUT2D eigenvalue weighted by atomic mass is 32.2. The van der Waals surface area contributed by atoms with E-state index in [1.165, 1.54) is 18.7 Å². The Labute approximate surface area is 128 Å². The highest BCUT2D eigenvalue weighted by molar-refractivity contribution is 7.89. The number of benzene rings is 1. The quantitative estimate of drug-likeness (QED) is 0.889. The van der Waals surface area contributed by atoms with Gasteiger partial charge in [0.05, 0.1) is 12.0 Å². The molecule has 0 unspecified atom stereocenters. The maximum Gasteiger partial charge on any atom is 0.240 e. The lowest BCUT2D eigenvalue weighted by molar-refractivity contribution is 0.413. The van der Waals surface area contributed by atoms with Crippen LogP contribution in [0.25, 0.3) is 0 Å². The van der Waals surface area contributed by atoms with E-state index in [2.05, 4.69) is 16.2 Å². The molecule has 1 aromatic carbocycles. The molecule has 1 N–H and O–H groups in total. The van der Waals surface area contributed by atoms with Crippen molar-refractivity contribution in [2.45, 2.75) is 23.2 Å². The molecule has 1 aliphatic rings. The maximum atomic E-state index is 12.4. The van der Waals surface area contributed by atoms with Gasteiger partial charge in [-0.1, -0.05) is 6.07 Å². The van der Waals surface area contributed by atoms with E-state index in [1.54, 1.807) is 29.5 Å². The molecule has 0 aliphatic heterocycles. The van der Waals surface area contributed by atoms with Crippen LogP contribution >= 0.6 is 11.3 Å². The Morgan fingerprint density at radius 1 is 1.33 bits per heavy atom. The molecule has 0 bridgehead atoms. The van der Waals surface area contributed by atoms with E-state index in [-0.39, 0.29) is 10.3 Å². The summed E-state index contributed by atoms with van der Waals surface area (Å²) >= 11 is 1.65. The van der Waals surface area contributed by atoms with Crippen molar-refractivity contribution in [2.24, 2.45) is 0 Å². The molecule has 1 aromatic heterocycles. The predicted octanol–water partition coefficient (Wildman–Crippen LogP) is 2.77. The lowest BCUT2D eigenvalue weighted by atomic mass is 10.0. The Bertz CT molecular complexity index is 719. The summed E-state index contributed by atoms with van der Waals surface area (Å²) in [5, 5.41) is 4.14. The Morgan fingerprint density at radius 2 is 2.14 bits per heavy atom. The number of hydrogen-bond acceptors (Lipinski definition) is 4. The maximum absolute atomic E-state index is 12.4. The first-order chi connectivity index (χ1) is 10.1. The summed E-state index contributed by atoms with van der Waals surface area (Å²) < 4.78 is 32.6. The number of methoxy groups -OCH3 is 1. The Morgan fingerprint density at radius 3 is 2.76 bits per heavy atom. The topological polar surface area (TPSA) is 55.4 Å². The molecule has 0 saturated heterocycles. The second-order valence-corrected chi connectivity index (χ2v) is 7.84. The largest absolute Gasteiger partial charge is 0.497 e. The molecule has 0 spiro atoms. The van der Waals surface area contributed by atoms with E-state index < -0.39 is 10.0 Å². The van der Waals surface area contributed by atoms with Crippen LogP contribution in [0.1, 0.15) is 18.4 Å². The third kappa shape index (κ3) is 2.97. The molecular weight excluding hydrogens is 306 g/mol. The molecule has 0 radical (unpaired) electrons. The molecule has 21 heavy (non-hydrogen) atoms. The van der Waals surface area contributed by atoms with Crippen LogP contribution in [0.4, 0.5) is 0 Å². The van der Waals surface area contributed by atoms with Crippen LogP contribution < -0.4 is 9.46 Å². The molecule has 4 nitrogen and oxygen atoms in total. The first kappa shape index (κ1) is 14.6. The molecule has 1 heterocycles. The number of hydrogen-bond donors (Lipinski definition) is 1. The molecule has 2 aromatic rings. The Balaban J connectivity index is 1.75. The number of sulfonamides is 1. The molecule has 1 saturated carbocycles. The SMILES string of the molecule is COc1cccc(S(=O)(=O)NCC2(c3ccsc3)CC2)c1. The third-order valence-corrected chi connectivity index (χ3v) is 6.02. The fourth-order valence-electron chi connectivity index (χ4n) is 2.37. The van der Waals surface area contributed by atoms with Crippen molar-refractivity contribution >= 4 is 21.4 Å².